The number of carbonyl (C=O) groups excluding carboxylic acids is 1. The number of carbonyl (C=O) groups is 1. The maximum Gasteiger partial charge on any atom is 0.254 e. The van der Waals surface area contributed by atoms with Gasteiger partial charge in [0.2, 0.25) is 0 Å². The maximum absolute atomic E-state index is 13.6. The Balaban J connectivity index is 2.07. The lowest BCUT2D eigenvalue weighted by molar-refractivity contribution is 0.0885. The van der Waals surface area contributed by atoms with E-state index < -0.39 is 5.82 Å². The number of amides is 1. The Bertz CT molecular complexity index is 444. The summed E-state index contributed by atoms with van der Waals surface area (Å²) in [6, 6.07) is 6.34. The highest BCUT2D eigenvalue weighted by atomic mass is 19.1. The second-order valence-electron chi connectivity index (χ2n) is 5.75. The van der Waals surface area contributed by atoms with E-state index in [0.717, 1.165) is 19.3 Å². The van der Waals surface area contributed by atoms with Crippen LogP contribution in [0.25, 0.3) is 0 Å². The van der Waals surface area contributed by atoms with Crippen LogP contribution in [0.2, 0.25) is 0 Å². The number of benzene rings is 1. The van der Waals surface area contributed by atoms with E-state index in [2.05, 4.69) is 19.2 Å². The zero-order valence-electron chi connectivity index (χ0n) is 11.7. The van der Waals surface area contributed by atoms with Gasteiger partial charge in [0.05, 0.1) is 5.56 Å². The average Bonchev–Trinajstić information content (AvgIpc) is 2.39. The van der Waals surface area contributed by atoms with Crippen molar-refractivity contribution in [2.24, 2.45) is 11.8 Å². The van der Waals surface area contributed by atoms with Gasteiger partial charge in [0, 0.05) is 6.04 Å². The van der Waals surface area contributed by atoms with E-state index in [9.17, 15) is 9.18 Å². The molecule has 0 radical (unpaired) electrons. The first kappa shape index (κ1) is 14.0. The smallest absolute Gasteiger partial charge is 0.254 e. The molecule has 1 N–H and O–H groups in total. The summed E-state index contributed by atoms with van der Waals surface area (Å²) in [4.78, 5) is 12.2. The average molecular weight is 263 g/mol. The van der Waals surface area contributed by atoms with Crippen molar-refractivity contribution < 1.29 is 9.18 Å². The topological polar surface area (TPSA) is 29.1 Å². The lowest BCUT2D eigenvalue weighted by Gasteiger charge is -2.34. The number of hydrogen-bond acceptors (Lipinski definition) is 1. The van der Waals surface area contributed by atoms with Crippen molar-refractivity contribution in [3.63, 3.8) is 0 Å². The minimum atomic E-state index is -0.447. The van der Waals surface area contributed by atoms with Crippen LogP contribution in [0.4, 0.5) is 4.39 Å². The van der Waals surface area contributed by atoms with Crippen molar-refractivity contribution in [3.8, 4) is 0 Å². The van der Waals surface area contributed by atoms with E-state index in [1.54, 1.807) is 12.1 Å². The molecule has 1 fully saturated rings. The summed E-state index contributed by atoms with van der Waals surface area (Å²) >= 11 is 0. The fourth-order valence-corrected chi connectivity index (χ4v) is 3.03. The zero-order valence-corrected chi connectivity index (χ0v) is 11.7. The summed E-state index contributed by atoms with van der Waals surface area (Å²) in [7, 11) is 0. The normalized spacial score (nSPS) is 23.4. The SMILES string of the molecule is CC(C)C1CCCCC1NC(=O)c1ccccc1F. The van der Waals surface area contributed by atoms with Crippen LogP contribution in [0.5, 0.6) is 0 Å². The molecular formula is C16H22FNO. The molecule has 19 heavy (non-hydrogen) atoms. The summed E-state index contributed by atoms with van der Waals surface area (Å²) in [5.41, 5.74) is 0.149. The fourth-order valence-electron chi connectivity index (χ4n) is 3.03. The van der Waals surface area contributed by atoms with Crippen molar-refractivity contribution >= 4 is 5.91 Å². The first-order valence-electron chi connectivity index (χ1n) is 7.15. The van der Waals surface area contributed by atoms with Gasteiger partial charge in [0.25, 0.3) is 5.91 Å². The van der Waals surface area contributed by atoms with Crippen LogP contribution in [0.15, 0.2) is 24.3 Å². The Morgan fingerprint density at radius 2 is 1.95 bits per heavy atom. The van der Waals surface area contributed by atoms with Gasteiger partial charge in [-0.3, -0.25) is 4.79 Å². The minimum Gasteiger partial charge on any atom is -0.349 e. The number of halogens is 1. The molecule has 104 valence electrons. The van der Waals surface area contributed by atoms with Gasteiger partial charge in [-0.2, -0.15) is 0 Å². The van der Waals surface area contributed by atoms with Crippen LogP contribution in [-0.4, -0.2) is 11.9 Å². The highest BCUT2D eigenvalue weighted by Crippen LogP contribution is 2.30. The van der Waals surface area contributed by atoms with Crippen molar-refractivity contribution in [2.75, 3.05) is 0 Å². The molecule has 0 heterocycles. The van der Waals surface area contributed by atoms with Crippen LogP contribution in [0.3, 0.4) is 0 Å². The van der Waals surface area contributed by atoms with E-state index in [1.807, 2.05) is 0 Å². The molecule has 3 heteroatoms. The highest BCUT2D eigenvalue weighted by Gasteiger charge is 2.29. The second kappa shape index (κ2) is 6.18. The third-order valence-electron chi connectivity index (χ3n) is 4.11. The number of nitrogens with one attached hydrogen (secondary N) is 1. The van der Waals surface area contributed by atoms with E-state index in [4.69, 9.17) is 0 Å². The number of hydrogen-bond donors (Lipinski definition) is 1. The van der Waals surface area contributed by atoms with E-state index in [0.29, 0.717) is 11.8 Å². The van der Waals surface area contributed by atoms with E-state index in [-0.39, 0.29) is 17.5 Å². The largest absolute Gasteiger partial charge is 0.349 e. The summed E-state index contributed by atoms with van der Waals surface area (Å²) in [6.45, 7) is 4.39. The lowest BCUT2D eigenvalue weighted by Crippen LogP contribution is -2.44. The van der Waals surface area contributed by atoms with Gasteiger partial charge >= 0.3 is 0 Å². The van der Waals surface area contributed by atoms with Crippen molar-refractivity contribution in [1.29, 1.82) is 0 Å². The van der Waals surface area contributed by atoms with Gasteiger partial charge in [-0.05, 0) is 36.8 Å². The Morgan fingerprint density at radius 3 is 2.63 bits per heavy atom. The Morgan fingerprint density at radius 1 is 1.26 bits per heavy atom. The van der Waals surface area contributed by atoms with Gasteiger partial charge in [0.15, 0.2) is 0 Å². The molecule has 0 bridgehead atoms. The standard InChI is InChI=1S/C16H22FNO/c1-11(2)12-7-4-6-10-15(12)18-16(19)13-8-3-5-9-14(13)17/h3,5,8-9,11-12,15H,4,6-7,10H2,1-2H3,(H,18,19). The Hall–Kier alpha value is -1.38. The van der Waals surface area contributed by atoms with Gasteiger partial charge < -0.3 is 5.32 Å². The molecule has 2 unspecified atom stereocenters. The summed E-state index contributed by atoms with van der Waals surface area (Å²) in [5, 5.41) is 3.03. The highest BCUT2D eigenvalue weighted by molar-refractivity contribution is 5.94. The Kier molecular flexibility index (Phi) is 4.56. The van der Waals surface area contributed by atoms with Crippen LogP contribution >= 0.6 is 0 Å². The maximum atomic E-state index is 13.6. The molecular weight excluding hydrogens is 241 g/mol. The van der Waals surface area contributed by atoms with Gasteiger partial charge in [0.1, 0.15) is 5.82 Å². The monoisotopic (exact) mass is 263 g/mol. The predicted octanol–water partition coefficient (Wildman–Crippen LogP) is 3.77. The molecule has 2 nitrogen and oxygen atoms in total. The quantitative estimate of drug-likeness (QED) is 0.883. The molecule has 1 aromatic rings. The first-order chi connectivity index (χ1) is 9.09. The van der Waals surface area contributed by atoms with Crippen LogP contribution in [0, 0.1) is 17.7 Å². The van der Waals surface area contributed by atoms with E-state index >= 15 is 0 Å². The molecule has 1 aliphatic rings. The second-order valence-corrected chi connectivity index (χ2v) is 5.75. The zero-order chi connectivity index (χ0) is 13.8. The molecule has 0 aliphatic heterocycles. The summed E-state index contributed by atoms with van der Waals surface area (Å²) in [6.07, 6.45) is 4.53. The molecule has 0 spiro atoms. The molecule has 0 aromatic heterocycles. The van der Waals surface area contributed by atoms with Gasteiger partial charge in [-0.15, -0.1) is 0 Å². The molecule has 2 rings (SSSR count). The van der Waals surface area contributed by atoms with Crippen molar-refractivity contribution in [1.82, 2.24) is 5.32 Å². The minimum absolute atomic E-state index is 0.149. The Labute approximate surface area is 114 Å². The summed E-state index contributed by atoms with van der Waals surface area (Å²) < 4.78 is 13.6. The van der Waals surface area contributed by atoms with Crippen LogP contribution < -0.4 is 5.32 Å². The van der Waals surface area contributed by atoms with Crippen LogP contribution in [0.1, 0.15) is 49.9 Å². The molecule has 0 saturated heterocycles. The van der Waals surface area contributed by atoms with Crippen molar-refractivity contribution in [3.05, 3.63) is 35.6 Å². The predicted molar refractivity (Wildman–Crippen MR) is 74.5 cm³/mol. The van der Waals surface area contributed by atoms with E-state index in [1.165, 1.54) is 18.6 Å². The van der Waals surface area contributed by atoms with Gasteiger partial charge in [-0.25, -0.2) is 4.39 Å². The number of rotatable bonds is 3. The molecule has 1 saturated carbocycles. The molecule has 1 aliphatic carbocycles. The third-order valence-corrected chi connectivity index (χ3v) is 4.11. The van der Waals surface area contributed by atoms with Crippen LogP contribution in [-0.2, 0) is 0 Å². The van der Waals surface area contributed by atoms with Gasteiger partial charge in [-0.1, -0.05) is 38.8 Å². The molecule has 2 atom stereocenters. The molecule has 1 aromatic carbocycles. The summed E-state index contributed by atoms with van der Waals surface area (Å²) in [5.74, 6) is 0.322. The first-order valence-corrected chi connectivity index (χ1v) is 7.15. The lowest BCUT2D eigenvalue weighted by atomic mass is 9.78. The molecule has 1 amide bonds. The van der Waals surface area contributed by atoms with Crippen molar-refractivity contribution in [2.45, 2.75) is 45.6 Å². The fraction of sp³-hybridized carbons (Fsp3) is 0.562. The third kappa shape index (κ3) is 3.34.